The highest BCUT2D eigenvalue weighted by Gasteiger charge is 2.37. The monoisotopic (exact) mass is 205 g/mol. The first-order chi connectivity index (χ1) is 7.41. The van der Waals surface area contributed by atoms with Gasteiger partial charge >= 0.3 is 0 Å². The third-order valence-electron chi connectivity index (χ3n) is 4.03. The van der Waals surface area contributed by atoms with E-state index in [1.54, 1.807) is 0 Å². The van der Waals surface area contributed by atoms with Crippen LogP contribution in [0.4, 0.5) is 0 Å². The lowest BCUT2D eigenvalue weighted by atomic mass is 9.80. The van der Waals surface area contributed by atoms with Crippen molar-refractivity contribution in [1.82, 2.24) is 5.32 Å². The Balaban J connectivity index is 1.98. The summed E-state index contributed by atoms with van der Waals surface area (Å²) in [5, 5.41) is 3.76. The van der Waals surface area contributed by atoms with Crippen LogP contribution in [-0.4, -0.2) is 6.54 Å². The number of fused-ring (bicyclic) bond motifs is 2. The molecule has 1 aromatic heterocycles. The van der Waals surface area contributed by atoms with E-state index in [1.807, 2.05) is 6.26 Å². The van der Waals surface area contributed by atoms with Gasteiger partial charge in [0.25, 0.3) is 0 Å². The Morgan fingerprint density at radius 3 is 2.73 bits per heavy atom. The van der Waals surface area contributed by atoms with Crippen LogP contribution in [0.3, 0.4) is 0 Å². The number of hydrogen-bond donors (Lipinski definition) is 1. The molecule has 1 aliphatic carbocycles. The predicted molar refractivity (Wildman–Crippen MR) is 59.8 cm³/mol. The molecule has 0 unspecified atom stereocenters. The summed E-state index contributed by atoms with van der Waals surface area (Å²) < 4.78 is 5.58. The topological polar surface area (TPSA) is 25.2 Å². The highest BCUT2D eigenvalue weighted by molar-refractivity contribution is 5.30. The van der Waals surface area contributed by atoms with E-state index >= 15 is 0 Å². The summed E-state index contributed by atoms with van der Waals surface area (Å²) >= 11 is 0. The first kappa shape index (κ1) is 9.46. The average molecular weight is 205 g/mol. The minimum Gasteiger partial charge on any atom is -0.469 e. The molecule has 0 aromatic carbocycles. The van der Waals surface area contributed by atoms with E-state index in [0.29, 0.717) is 0 Å². The van der Waals surface area contributed by atoms with Crippen molar-refractivity contribution in [2.75, 3.05) is 6.54 Å². The zero-order valence-electron chi connectivity index (χ0n) is 9.22. The Hall–Kier alpha value is -0.760. The van der Waals surface area contributed by atoms with Crippen LogP contribution in [0, 0.1) is 0 Å². The fourth-order valence-corrected chi connectivity index (χ4v) is 3.25. The molecular formula is C13H19NO. The van der Waals surface area contributed by atoms with Gasteiger partial charge in [0.05, 0.1) is 6.26 Å². The third kappa shape index (κ3) is 1.51. The molecule has 2 aliphatic rings. The minimum absolute atomic E-state index is 0.261. The molecule has 1 spiro atoms. The van der Waals surface area contributed by atoms with Gasteiger partial charge in [-0.05, 0) is 18.9 Å². The van der Waals surface area contributed by atoms with Crippen molar-refractivity contribution in [3.05, 3.63) is 23.7 Å². The Morgan fingerprint density at radius 2 is 1.93 bits per heavy atom. The van der Waals surface area contributed by atoms with E-state index in [2.05, 4.69) is 11.4 Å². The van der Waals surface area contributed by atoms with E-state index in [9.17, 15) is 0 Å². The molecule has 1 aliphatic heterocycles. The van der Waals surface area contributed by atoms with Crippen LogP contribution in [-0.2, 0) is 12.0 Å². The Labute approximate surface area is 91.0 Å². The SMILES string of the molecule is c1cc2c(o1)CCNC21CCCCCC1. The first-order valence-electron chi connectivity index (χ1n) is 6.23. The van der Waals surface area contributed by atoms with Crippen molar-refractivity contribution in [1.29, 1.82) is 0 Å². The quantitative estimate of drug-likeness (QED) is 0.704. The van der Waals surface area contributed by atoms with Crippen LogP contribution < -0.4 is 5.32 Å². The van der Waals surface area contributed by atoms with Crippen molar-refractivity contribution >= 4 is 0 Å². The fraction of sp³-hybridized carbons (Fsp3) is 0.692. The second-order valence-electron chi connectivity index (χ2n) is 4.93. The van der Waals surface area contributed by atoms with Gasteiger partial charge in [-0.1, -0.05) is 25.7 Å². The van der Waals surface area contributed by atoms with Crippen molar-refractivity contribution in [2.45, 2.75) is 50.5 Å². The van der Waals surface area contributed by atoms with Gasteiger partial charge < -0.3 is 9.73 Å². The lowest BCUT2D eigenvalue weighted by molar-refractivity contribution is 0.264. The Kier molecular flexibility index (Phi) is 2.32. The molecule has 1 fully saturated rings. The van der Waals surface area contributed by atoms with Crippen LogP contribution in [0.2, 0.25) is 0 Å². The minimum atomic E-state index is 0.261. The molecule has 1 N–H and O–H groups in total. The Morgan fingerprint density at radius 1 is 1.13 bits per heavy atom. The average Bonchev–Trinajstić information content (AvgIpc) is 2.62. The van der Waals surface area contributed by atoms with Gasteiger partial charge in [0, 0.05) is 24.1 Å². The second kappa shape index (κ2) is 3.67. The number of rotatable bonds is 0. The number of hydrogen-bond acceptors (Lipinski definition) is 2. The maximum atomic E-state index is 5.58. The lowest BCUT2D eigenvalue weighted by Gasteiger charge is -2.37. The maximum absolute atomic E-state index is 5.58. The van der Waals surface area contributed by atoms with Gasteiger partial charge in [-0.15, -0.1) is 0 Å². The number of nitrogens with one attached hydrogen (secondary N) is 1. The summed E-state index contributed by atoms with van der Waals surface area (Å²) in [6, 6.07) is 2.19. The molecule has 0 bridgehead atoms. The molecule has 1 aromatic rings. The van der Waals surface area contributed by atoms with Crippen LogP contribution in [0.25, 0.3) is 0 Å². The van der Waals surface area contributed by atoms with Crippen LogP contribution in [0.5, 0.6) is 0 Å². The zero-order valence-corrected chi connectivity index (χ0v) is 9.22. The molecule has 1 saturated carbocycles. The molecule has 3 rings (SSSR count). The summed E-state index contributed by atoms with van der Waals surface area (Å²) in [5.74, 6) is 1.23. The largest absolute Gasteiger partial charge is 0.469 e. The summed E-state index contributed by atoms with van der Waals surface area (Å²) in [4.78, 5) is 0. The van der Waals surface area contributed by atoms with Crippen molar-refractivity contribution in [3.63, 3.8) is 0 Å². The van der Waals surface area contributed by atoms with E-state index in [0.717, 1.165) is 13.0 Å². The summed E-state index contributed by atoms with van der Waals surface area (Å²) in [6.07, 6.45) is 11.0. The highest BCUT2D eigenvalue weighted by atomic mass is 16.3. The molecule has 0 radical (unpaired) electrons. The van der Waals surface area contributed by atoms with E-state index in [4.69, 9.17) is 4.42 Å². The fourth-order valence-electron chi connectivity index (χ4n) is 3.25. The third-order valence-corrected chi connectivity index (χ3v) is 4.03. The van der Waals surface area contributed by atoms with Crippen LogP contribution in [0.1, 0.15) is 49.8 Å². The standard InChI is InChI=1S/C13H19NO/c1-2-4-8-13(7-3-1)11-6-10-15-12(11)5-9-14-13/h6,10,14H,1-5,7-9H2. The van der Waals surface area contributed by atoms with Crippen LogP contribution in [0.15, 0.2) is 16.7 Å². The van der Waals surface area contributed by atoms with Gasteiger partial charge in [-0.2, -0.15) is 0 Å². The maximum Gasteiger partial charge on any atom is 0.110 e. The predicted octanol–water partition coefficient (Wildman–Crippen LogP) is 2.97. The summed E-state index contributed by atoms with van der Waals surface area (Å²) in [6.45, 7) is 1.08. The van der Waals surface area contributed by atoms with Gasteiger partial charge in [-0.25, -0.2) is 0 Å². The molecule has 0 atom stereocenters. The van der Waals surface area contributed by atoms with E-state index < -0.39 is 0 Å². The Bertz CT molecular complexity index is 334. The van der Waals surface area contributed by atoms with Gasteiger partial charge in [0.15, 0.2) is 0 Å². The summed E-state index contributed by atoms with van der Waals surface area (Å²) in [7, 11) is 0. The molecule has 0 amide bonds. The van der Waals surface area contributed by atoms with Crippen molar-refractivity contribution in [2.24, 2.45) is 0 Å². The van der Waals surface area contributed by atoms with E-state index in [-0.39, 0.29) is 5.54 Å². The smallest absolute Gasteiger partial charge is 0.110 e. The number of furan rings is 1. The van der Waals surface area contributed by atoms with Crippen molar-refractivity contribution in [3.8, 4) is 0 Å². The highest BCUT2D eigenvalue weighted by Crippen LogP contribution is 2.40. The molecule has 2 nitrogen and oxygen atoms in total. The zero-order chi connectivity index (χ0) is 10.1. The normalized spacial score (nSPS) is 24.8. The molecule has 2 heterocycles. The molecule has 82 valence electrons. The summed E-state index contributed by atoms with van der Waals surface area (Å²) in [5.41, 5.74) is 1.72. The van der Waals surface area contributed by atoms with Crippen LogP contribution >= 0.6 is 0 Å². The van der Waals surface area contributed by atoms with Gasteiger partial charge in [0.2, 0.25) is 0 Å². The van der Waals surface area contributed by atoms with Gasteiger partial charge in [0.1, 0.15) is 5.76 Å². The molecular weight excluding hydrogens is 186 g/mol. The van der Waals surface area contributed by atoms with E-state index in [1.165, 1.54) is 49.8 Å². The molecule has 15 heavy (non-hydrogen) atoms. The first-order valence-corrected chi connectivity index (χ1v) is 6.23. The van der Waals surface area contributed by atoms with Crippen molar-refractivity contribution < 1.29 is 4.42 Å². The second-order valence-corrected chi connectivity index (χ2v) is 4.93. The lowest BCUT2D eigenvalue weighted by Crippen LogP contribution is -2.46. The molecule has 0 saturated heterocycles. The molecule has 2 heteroatoms. The van der Waals surface area contributed by atoms with Gasteiger partial charge in [-0.3, -0.25) is 0 Å².